The molecule has 0 radical (unpaired) electrons. The Morgan fingerprint density at radius 2 is 1.54 bits per heavy atom. The number of carbonyl (C=O) groups is 2. The Balaban J connectivity index is 1.51. The first-order chi connectivity index (χ1) is 18.5. The molecular weight excluding hydrogens is 536 g/mol. The van der Waals surface area contributed by atoms with E-state index in [0.29, 0.717) is 33.0 Å². The maximum atomic E-state index is 13.1. The molecule has 1 unspecified atom stereocenters. The van der Waals surface area contributed by atoms with E-state index in [4.69, 9.17) is 11.6 Å². The minimum absolute atomic E-state index is 0.155. The first-order valence-electron chi connectivity index (χ1n) is 12.1. The van der Waals surface area contributed by atoms with E-state index < -0.39 is 27.9 Å². The van der Waals surface area contributed by atoms with E-state index in [9.17, 15) is 23.1 Å². The van der Waals surface area contributed by atoms with Crippen LogP contribution in [0.2, 0.25) is 5.02 Å². The highest BCUT2D eigenvalue weighted by Crippen LogP contribution is 2.28. The van der Waals surface area contributed by atoms with E-state index in [0.717, 1.165) is 11.1 Å². The largest absolute Gasteiger partial charge is 0.481 e. The zero-order valence-electron chi connectivity index (χ0n) is 21.3. The lowest BCUT2D eigenvalue weighted by Crippen LogP contribution is -2.30. The smallest absolute Gasteiger partial charge is 0.305 e. The van der Waals surface area contributed by atoms with E-state index >= 15 is 0 Å². The Morgan fingerprint density at radius 3 is 2.21 bits per heavy atom. The van der Waals surface area contributed by atoms with Crippen molar-refractivity contribution in [3.63, 3.8) is 0 Å². The highest BCUT2D eigenvalue weighted by Gasteiger charge is 2.20. The quantitative estimate of drug-likeness (QED) is 0.219. The zero-order valence-corrected chi connectivity index (χ0v) is 22.9. The van der Waals surface area contributed by atoms with E-state index in [2.05, 4.69) is 10.0 Å². The average molecular weight is 563 g/mol. The minimum atomic E-state index is -3.85. The number of rotatable bonds is 9. The van der Waals surface area contributed by atoms with Crippen molar-refractivity contribution in [2.75, 3.05) is 4.72 Å². The summed E-state index contributed by atoms with van der Waals surface area (Å²) in [7, 11) is -3.85. The number of anilines is 1. The summed E-state index contributed by atoms with van der Waals surface area (Å²) in [4.78, 5) is 24.4. The number of carboxylic acid groups (broad SMARTS) is 1. The number of carboxylic acids is 1. The van der Waals surface area contributed by atoms with Gasteiger partial charge in [0.05, 0.1) is 17.4 Å². The number of carbonyl (C=O) groups excluding carboxylic acids is 1. The van der Waals surface area contributed by atoms with Gasteiger partial charge in [0.2, 0.25) is 0 Å². The average Bonchev–Trinajstić information content (AvgIpc) is 2.90. The summed E-state index contributed by atoms with van der Waals surface area (Å²) >= 11 is 6.12. The summed E-state index contributed by atoms with van der Waals surface area (Å²) in [5.41, 5.74) is 4.19. The Hall–Kier alpha value is -4.14. The summed E-state index contributed by atoms with van der Waals surface area (Å²) in [6, 6.07) is 25.2. The molecule has 1 amide bonds. The summed E-state index contributed by atoms with van der Waals surface area (Å²) < 4.78 is 28.8. The zero-order chi connectivity index (χ0) is 28.2. The number of aliphatic carboxylic acids is 1. The van der Waals surface area contributed by atoms with Gasteiger partial charge in [0.15, 0.2) is 0 Å². The molecule has 9 heteroatoms. The van der Waals surface area contributed by atoms with Gasteiger partial charge in [-0.2, -0.15) is 0 Å². The Bertz CT molecular complexity index is 1620. The minimum Gasteiger partial charge on any atom is -0.481 e. The van der Waals surface area contributed by atoms with Crippen LogP contribution in [0.25, 0.3) is 11.1 Å². The van der Waals surface area contributed by atoms with Crippen LogP contribution in [0.3, 0.4) is 0 Å². The second kappa shape index (κ2) is 11.7. The highest BCUT2D eigenvalue weighted by molar-refractivity contribution is 7.92. The van der Waals surface area contributed by atoms with Crippen LogP contribution in [0.1, 0.15) is 39.5 Å². The second-order valence-electron chi connectivity index (χ2n) is 9.17. The van der Waals surface area contributed by atoms with Crippen molar-refractivity contribution in [2.24, 2.45) is 0 Å². The van der Waals surface area contributed by atoms with Gasteiger partial charge in [-0.05, 0) is 78.1 Å². The van der Waals surface area contributed by atoms with Crippen LogP contribution in [0.5, 0.6) is 0 Å². The number of amides is 1. The molecule has 1 atom stereocenters. The first-order valence-corrected chi connectivity index (χ1v) is 14.0. The maximum absolute atomic E-state index is 13.1. The molecule has 3 N–H and O–H groups in total. The molecule has 0 saturated carbocycles. The van der Waals surface area contributed by atoms with Crippen LogP contribution < -0.4 is 10.0 Å². The molecule has 0 aliphatic heterocycles. The second-order valence-corrected chi connectivity index (χ2v) is 11.2. The first kappa shape index (κ1) is 27.9. The van der Waals surface area contributed by atoms with Crippen molar-refractivity contribution in [1.29, 1.82) is 0 Å². The number of halogens is 1. The van der Waals surface area contributed by atoms with Gasteiger partial charge in [0, 0.05) is 16.3 Å². The van der Waals surface area contributed by atoms with Gasteiger partial charge in [-0.15, -0.1) is 0 Å². The van der Waals surface area contributed by atoms with Crippen LogP contribution >= 0.6 is 11.6 Å². The maximum Gasteiger partial charge on any atom is 0.305 e. The molecule has 7 nitrogen and oxygen atoms in total. The number of aryl methyl sites for hydroxylation is 2. The van der Waals surface area contributed by atoms with Crippen molar-refractivity contribution in [2.45, 2.75) is 31.2 Å². The molecule has 0 fully saturated rings. The third-order valence-electron chi connectivity index (χ3n) is 6.23. The molecule has 4 rings (SSSR count). The normalized spacial score (nSPS) is 12.0. The lowest BCUT2D eigenvalue weighted by Gasteiger charge is -2.17. The van der Waals surface area contributed by atoms with Crippen LogP contribution in [-0.2, 0) is 14.8 Å². The van der Waals surface area contributed by atoms with E-state index in [1.54, 1.807) is 92.7 Å². The lowest BCUT2D eigenvalue weighted by molar-refractivity contribution is -0.137. The molecule has 0 aromatic heterocycles. The molecule has 0 bridgehead atoms. The Kier molecular flexibility index (Phi) is 8.38. The van der Waals surface area contributed by atoms with E-state index in [1.807, 2.05) is 12.1 Å². The fraction of sp³-hybridized carbons (Fsp3) is 0.133. The van der Waals surface area contributed by atoms with Crippen molar-refractivity contribution in [1.82, 2.24) is 5.32 Å². The third kappa shape index (κ3) is 6.85. The lowest BCUT2D eigenvalue weighted by atomic mass is 10.0. The molecule has 0 saturated heterocycles. The van der Waals surface area contributed by atoms with Crippen molar-refractivity contribution in [3.8, 4) is 11.1 Å². The van der Waals surface area contributed by atoms with Gasteiger partial charge in [-0.1, -0.05) is 66.2 Å². The van der Waals surface area contributed by atoms with Crippen LogP contribution in [0, 0.1) is 13.8 Å². The van der Waals surface area contributed by atoms with Crippen molar-refractivity contribution in [3.05, 3.63) is 118 Å². The number of nitrogens with one attached hydrogen (secondary N) is 2. The third-order valence-corrected chi connectivity index (χ3v) is 8.16. The van der Waals surface area contributed by atoms with Gasteiger partial charge >= 0.3 is 5.97 Å². The molecule has 4 aromatic rings. The molecule has 200 valence electrons. The van der Waals surface area contributed by atoms with Crippen LogP contribution in [-0.4, -0.2) is 25.4 Å². The molecule has 39 heavy (non-hydrogen) atoms. The number of hydrogen-bond acceptors (Lipinski definition) is 4. The predicted molar refractivity (Wildman–Crippen MR) is 153 cm³/mol. The highest BCUT2D eigenvalue weighted by atomic mass is 35.5. The predicted octanol–water partition coefficient (Wildman–Crippen LogP) is 6.37. The molecular formula is C30H27ClN2O5S. The summed E-state index contributed by atoms with van der Waals surface area (Å²) in [5, 5.41) is 12.6. The van der Waals surface area contributed by atoms with Gasteiger partial charge in [-0.3, -0.25) is 14.3 Å². The Labute approximate surface area is 232 Å². The molecule has 0 aliphatic carbocycles. The SMILES string of the molecule is Cc1cc(S(=O)(=O)Nc2cccc(-c3ccc(C(=O)NC(CC(=O)O)c4ccccc4)cc3)c2)c(C)cc1Cl. The standard InChI is InChI=1S/C30H27ClN2O5S/c1-19-16-28(20(2)15-26(19)31)39(37,38)33-25-10-6-9-24(17-25)21-11-13-23(14-12-21)30(36)32-27(18-29(34)35)22-7-4-3-5-8-22/h3-17,27,33H,18H2,1-2H3,(H,32,36)(H,34,35). The summed E-state index contributed by atoms with van der Waals surface area (Å²) in [6.07, 6.45) is -0.244. The van der Waals surface area contributed by atoms with Gasteiger partial charge in [0.1, 0.15) is 0 Å². The van der Waals surface area contributed by atoms with Gasteiger partial charge < -0.3 is 10.4 Å². The molecule has 0 aliphatic rings. The Morgan fingerprint density at radius 1 is 0.846 bits per heavy atom. The van der Waals surface area contributed by atoms with Gasteiger partial charge in [0.25, 0.3) is 15.9 Å². The monoisotopic (exact) mass is 562 g/mol. The number of benzene rings is 4. The van der Waals surface area contributed by atoms with Crippen LogP contribution in [0.15, 0.2) is 95.9 Å². The molecule has 0 spiro atoms. The van der Waals surface area contributed by atoms with Crippen molar-refractivity contribution >= 4 is 39.2 Å². The van der Waals surface area contributed by atoms with Crippen LogP contribution in [0.4, 0.5) is 5.69 Å². The summed E-state index contributed by atoms with van der Waals surface area (Å²) in [6.45, 7) is 3.44. The van der Waals surface area contributed by atoms with Gasteiger partial charge in [-0.25, -0.2) is 8.42 Å². The topological polar surface area (TPSA) is 113 Å². The number of hydrogen-bond donors (Lipinski definition) is 3. The summed E-state index contributed by atoms with van der Waals surface area (Å²) in [5.74, 6) is -1.41. The van der Waals surface area contributed by atoms with E-state index in [-0.39, 0.29) is 11.3 Å². The number of sulfonamides is 1. The van der Waals surface area contributed by atoms with E-state index in [1.165, 1.54) is 0 Å². The molecule has 4 aromatic carbocycles. The fourth-order valence-corrected chi connectivity index (χ4v) is 5.76. The molecule has 0 heterocycles. The van der Waals surface area contributed by atoms with Crippen molar-refractivity contribution < 1.29 is 23.1 Å². The fourth-order valence-electron chi connectivity index (χ4n) is 4.18.